The van der Waals surface area contributed by atoms with Crippen LogP contribution in [0.25, 0.3) is 0 Å². The monoisotopic (exact) mass is 338 g/mol. The highest BCUT2D eigenvalue weighted by Crippen LogP contribution is 2.24. The van der Waals surface area contributed by atoms with Crippen molar-refractivity contribution in [3.05, 3.63) is 34.4 Å². The van der Waals surface area contributed by atoms with Crippen LogP contribution in [-0.2, 0) is 9.53 Å². The van der Waals surface area contributed by atoms with Gasteiger partial charge in [-0.3, -0.25) is 10.1 Å². The summed E-state index contributed by atoms with van der Waals surface area (Å²) in [4.78, 5) is 23.6. The summed E-state index contributed by atoms with van der Waals surface area (Å²) < 4.78 is 10.2. The van der Waals surface area contributed by atoms with Gasteiger partial charge in [-0.15, -0.1) is 0 Å². The lowest BCUT2D eigenvalue weighted by molar-refractivity contribution is -0.553. The summed E-state index contributed by atoms with van der Waals surface area (Å²) in [5.74, 6) is -0.108. The lowest BCUT2D eigenvalue weighted by Crippen LogP contribution is -2.53. The third-order valence-electron chi connectivity index (χ3n) is 3.69. The summed E-state index contributed by atoms with van der Waals surface area (Å²) in [5, 5.41) is 14.7. The molecule has 0 saturated carbocycles. The molecular formula is C17H26N2O5. The highest BCUT2D eigenvalue weighted by molar-refractivity contribution is 5.80. The molecule has 1 N–H and O–H groups in total. The van der Waals surface area contributed by atoms with Crippen LogP contribution in [0.5, 0.6) is 5.75 Å². The molecule has 1 aromatic carbocycles. The molecule has 0 bridgehead atoms. The zero-order chi connectivity index (χ0) is 18.2. The van der Waals surface area contributed by atoms with E-state index in [1.54, 1.807) is 45.2 Å². The molecule has 0 fully saturated rings. The van der Waals surface area contributed by atoms with E-state index in [0.29, 0.717) is 17.9 Å². The van der Waals surface area contributed by atoms with Crippen LogP contribution in [0.4, 0.5) is 5.69 Å². The van der Waals surface area contributed by atoms with Crippen LogP contribution in [0, 0.1) is 10.1 Å². The van der Waals surface area contributed by atoms with Gasteiger partial charge < -0.3 is 14.8 Å². The van der Waals surface area contributed by atoms with E-state index in [9.17, 15) is 14.9 Å². The molecule has 0 aliphatic carbocycles. The number of carbonyl (C=O) groups is 1. The number of rotatable bonds is 10. The van der Waals surface area contributed by atoms with Crippen molar-refractivity contribution in [1.29, 1.82) is 0 Å². The van der Waals surface area contributed by atoms with Crippen LogP contribution in [0.1, 0.15) is 40.0 Å². The van der Waals surface area contributed by atoms with Gasteiger partial charge in [0.05, 0.1) is 19.8 Å². The Bertz CT molecular complexity index is 544. The zero-order valence-corrected chi connectivity index (χ0v) is 14.7. The highest BCUT2D eigenvalue weighted by atomic mass is 16.6. The van der Waals surface area contributed by atoms with Crippen LogP contribution >= 0.6 is 0 Å². The van der Waals surface area contributed by atoms with E-state index in [4.69, 9.17) is 9.47 Å². The summed E-state index contributed by atoms with van der Waals surface area (Å²) >= 11 is 0. The lowest BCUT2D eigenvalue weighted by Gasteiger charge is -2.25. The molecule has 0 spiro atoms. The lowest BCUT2D eigenvalue weighted by atomic mass is 9.93. The zero-order valence-electron chi connectivity index (χ0n) is 14.7. The molecule has 1 aromatic rings. The second-order valence-corrected chi connectivity index (χ2v) is 5.93. The summed E-state index contributed by atoms with van der Waals surface area (Å²) in [5.41, 5.74) is -1.11. The second-order valence-electron chi connectivity index (χ2n) is 5.93. The van der Waals surface area contributed by atoms with Gasteiger partial charge in [-0.05, 0) is 44.5 Å². The average molecular weight is 338 g/mol. The molecule has 134 valence electrons. The minimum Gasteiger partial charge on any atom is -0.497 e. The molecule has 0 radical (unpaired) electrons. The number of carbonyl (C=O) groups excluding carboxylic acids is 1. The van der Waals surface area contributed by atoms with Crippen molar-refractivity contribution in [1.82, 2.24) is 0 Å². The van der Waals surface area contributed by atoms with Gasteiger partial charge in [0.15, 0.2) is 0 Å². The van der Waals surface area contributed by atoms with Crippen LogP contribution in [-0.4, -0.2) is 36.2 Å². The first-order valence-electron chi connectivity index (χ1n) is 8.09. The Kier molecular flexibility index (Phi) is 7.48. The molecular weight excluding hydrogens is 312 g/mol. The fourth-order valence-electron chi connectivity index (χ4n) is 2.24. The molecule has 1 unspecified atom stereocenters. The molecule has 0 heterocycles. The van der Waals surface area contributed by atoms with E-state index < -0.39 is 22.5 Å². The molecule has 7 nitrogen and oxygen atoms in total. The van der Waals surface area contributed by atoms with E-state index in [0.717, 1.165) is 6.42 Å². The van der Waals surface area contributed by atoms with Crippen LogP contribution in [0.15, 0.2) is 24.3 Å². The average Bonchev–Trinajstić information content (AvgIpc) is 2.54. The first-order valence-corrected chi connectivity index (χ1v) is 8.09. The molecule has 0 aliphatic rings. The summed E-state index contributed by atoms with van der Waals surface area (Å²) in [6.45, 7) is 5.16. The Morgan fingerprint density at radius 1 is 1.33 bits per heavy atom. The third kappa shape index (κ3) is 5.11. The third-order valence-corrected chi connectivity index (χ3v) is 3.69. The number of ether oxygens (including phenoxy) is 2. The number of nitrogens with zero attached hydrogens (tertiary/aromatic N) is 1. The second kappa shape index (κ2) is 9.10. The number of nitro groups is 1. The number of hydrogen-bond acceptors (Lipinski definition) is 6. The molecule has 24 heavy (non-hydrogen) atoms. The van der Waals surface area contributed by atoms with Crippen molar-refractivity contribution in [3.63, 3.8) is 0 Å². The number of anilines is 1. The van der Waals surface area contributed by atoms with Gasteiger partial charge in [-0.2, -0.15) is 0 Å². The van der Waals surface area contributed by atoms with Crippen molar-refractivity contribution >= 4 is 11.7 Å². The van der Waals surface area contributed by atoms with Crippen molar-refractivity contribution in [2.45, 2.75) is 51.7 Å². The van der Waals surface area contributed by atoms with Gasteiger partial charge in [-0.1, -0.05) is 13.3 Å². The highest BCUT2D eigenvalue weighted by Gasteiger charge is 2.52. The first-order chi connectivity index (χ1) is 11.4. The fourth-order valence-corrected chi connectivity index (χ4v) is 2.24. The van der Waals surface area contributed by atoms with Gasteiger partial charge in [-0.25, -0.2) is 4.79 Å². The number of benzene rings is 1. The van der Waals surface area contributed by atoms with Crippen molar-refractivity contribution in [2.24, 2.45) is 0 Å². The molecule has 1 rings (SSSR count). The van der Waals surface area contributed by atoms with Crippen molar-refractivity contribution < 1.29 is 19.2 Å². The standard InChI is InChI=1S/C17H26N2O5/c1-5-6-11-17(19(21)22,16(20)24-13(2)3)12-18-14-7-9-15(23-4)10-8-14/h7-10,13,18H,5-6,11-12H2,1-4H3. The predicted molar refractivity (Wildman–Crippen MR) is 92.0 cm³/mol. The normalized spacial score (nSPS) is 13.2. The molecule has 7 heteroatoms. The summed E-state index contributed by atoms with van der Waals surface area (Å²) in [7, 11) is 1.56. The maximum absolute atomic E-state index is 12.4. The smallest absolute Gasteiger partial charge is 0.387 e. The Hall–Kier alpha value is -2.31. The minimum absolute atomic E-state index is 0.127. The van der Waals surface area contributed by atoms with Gasteiger partial charge in [0.1, 0.15) is 5.75 Å². The Balaban J connectivity index is 2.97. The molecule has 0 amide bonds. The topological polar surface area (TPSA) is 90.7 Å². The predicted octanol–water partition coefficient (Wildman–Crippen LogP) is 3.26. The number of hydrogen-bond donors (Lipinski definition) is 1. The van der Waals surface area contributed by atoms with E-state index >= 15 is 0 Å². The number of unbranched alkanes of at least 4 members (excludes halogenated alkanes) is 1. The molecule has 1 atom stereocenters. The van der Waals surface area contributed by atoms with Crippen molar-refractivity contribution in [3.8, 4) is 5.75 Å². The van der Waals surface area contributed by atoms with E-state index in [1.807, 2.05) is 6.92 Å². The van der Waals surface area contributed by atoms with Gasteiger partial charge in [0.2, 0.25) is 0 Å². The van der Waals surface area contributed by atoms with Crippen LogP contribution in [0.2, 0.25) is 0 Å². The van der Waals surface area contributed by atoms with E-state index in [2.05, 4.69) is 5.32 Å². The Morgan fingerprint density at radius 2 is 1.96 bits per heavy atom. The Morgan fingerprint density at radius 3 is 2.42 bits per heavy atom. The number of esters is 1. The van der Waals surface area contributed by atoms with Gasteiger partial charge >= 0.3 is 11.5 Å². The first kappa shape index (κ1) is 19.7. The summed E-state index contributed by atoms with van der Waals surface area (Å²) in [6, 6.07) is 6.98. The van der Waals surface area contributed by atoms with Gasteiger partial charge in [0.25, 0.3) is 0 Å². The largest absolute Gasteiger partial charge is 0.497 e. The van der Waals surface area contributed by atoms with Crippen molar-refractivity contribution in [2.75, 3.05) is 19.0 Å². The van der Waals surface area contributed by atoms with E-state index in [-0.39, 0.29) is 13.0 Å². The number of nitrogens with one attached hydrogen (secondary N) is 1. The van der Waals surface area contributed by atoms with Gasteiger partial charge in [0, 0.05) is 17.0 Å². The maximum atomic E-state index is 12.4. The fraction of sp³-hybridized carbons (Fsp3) is 0.588. The van der Waals surface area contributed by atoms with Crippen LogP contribution < -0.4 is 10.1 Å². The maximum Gasteiger partial charge on any atom is 0.387 e. The molecule has 0 aromatic heterocycles. The molecule has 0 saturated heterocycles. The molecule has 0 aliphatic heterocycles. The Labute approximate surface area is 142 Å². The van der Waals surface area contributed by atoms with Crippen LogP contribution in [0.3, 0.4) is 0 Å². The summed E-state index contributed by atoms with van der Waals surface area (Å²) in [6.07, 6.45) is 1.05. The number of methoxy groups -OCH3 is 1. The minimum atomic E-state index is -1.79. The SMILES string of the molecule is CCCCC(CNc1ccc(OC)cc1)(C(=O)OC(C)C)[N+](=O)[O-]. The van der Waals surface area contributed by atoms with E-state index in [1.165, 1.54) is 0 Å². The quantitative estimate of drug-likeness (QED) is 0.400.